The van der Waals surface area contributed by atoms with Crippen LogP contribution in [0.25, 0.3) is 11.5 Å². The molecule has 0 saturated carbocycles. The molecule has 1 N–H and O–H groups in total. The average Bonchev–Trinajstić information content (AvgIpc) is 3.00. The number of nitrogens with zero attached hydrogens (tertiary/aromatic N) is 3. The van der Waals surface area contributed by atoms with Crippen LogP contribution in [0.2, 0.25) is 0 Å². The predicted molar refractivity (Wildman–Crippen MR) is 57.9 cm³/mol. The molecule has 2 aromatic heterocycles. The van der Waals surface area contributed by atoms with E-state index in [0.717, 1.165) is 18.5 Å². The van der Waals surface area contributed by atoms with Crippen molar-refractivity contribution in [1.82, 2.24) is 15.0 Å². The second-order valence-electron chi connectivity index (χ2n) is 4.21. The second-order valence-corrected chi connectivity index (χ2v) is 4.21. The molecule has 1 aliphatic rings. The van der Waals surface area contributed by atoms with Gasteiger partial charge < -0.3 is 14.0 Å². The summed E-state index contributed by atoms with van der Waals surface area (Å²) in [5.74, 6) is 1.10. The third kappa shape index (κ3) is 2.22. The maximum Gasteiger partial charge on any atom is 0.261 e. The normalized spacial score (nSPS) is 21.1. The van der Waals surface area contributed by atoms with Gasteiger partial charge in [0.15, 0.2) is 5.82 Å². The van der Waals surface area contributed by atoms with E-state index in [2.05, 4.69) is 15.0 Å². The molecule has 2 aromatic rings. The van der Waals surface area contributed by atoms with Gasteiger partial charge in [0.25, 0.3) is 5.89 Å². The molecule has 1 saturated heterocycles. The van der Waals surface area contributed by atoms with Crippen molar-refractivity contribution >= 4 is 0 Å². The summed E-state index contributed by atoms with van der Waals surface area (Å²) in [5, 5.41) is 13.3. The molecule has 0 amide bonds. The number of furan rings is 1. The van der Waals surface area contributed by atoms with Gasteiger partial charge in [-0.2, -0.15) is 4.98 Å². The van der Waals surface area contributed by atoms with E-state index in [4.69, 9.17) is 8.94 Å². The van der Waals surface area contributed by atoms with E-state index >= 15 is 0 Å². The number of β-amino-alcohol motifs (C(OH)–C–C–N with tert-alkyl or cyclic N) is 1. The first-order chi connectivity index (χ1) is 8.31. The molecule has 0 aliphatic carbocycles. The molecular weight excluding hydrogens is 222 g/mol. The zero-order valence-corrected chi connectivity index (χ0v) is 9.24. The number of aliphatic hydroxyl groups is 1. The van der Waals surface area contributed by atoms with Gasteiger partial charge in [-0.25, -0.2) is 0 Å². The molecule has 3 rings (SSSR count). The van der Waals surface area contributed by atoms with Gasteiger partial charge in [-0.05, 0) is 12.5 Å². The van der Waals surface area contributed by atoms with Crippen LogP contribution in [0.5, 0.6) is 0 Å². The highest BCUT2D eigenvalue weighted by Gasteiger charge is 2.22. The first-order valence-electron chi connectivity index (χ1n) is 5.57. The van der Waals surface area contributed by atoms with Gasteiger partial charge in [-0.15, -0.1) is 0 Å². The highest BCUT2D eigenvalue weighted by atomic mass is 16.5. The summed E-state index contributed by atoms with van der Waals surface area (Å²) in [6.45, 7) is 2.16. The minimum absolute atomic E-state index is 0.227. The number of hydrogen-bond acceptors (Lipinski definition) is 6. The fourth-order valence-corrected chi connectivity index (χ4v) is 1.98. The molecule has 0 bridgehead atoms. The van der Waals surface area contributed by atoms with E-state index in [1.165, 1.54) is 0 Å². The van der Waals surface area contributed by atoms with Crippen LogP contribution in [-0.2, 0) is 6.54 Å². The molecule has 3 heterocycles. The largest absolute Gasteiger partial charge is 0.472 e. The molecule has 0 spiro atoms. The van der Waals surface area contributed by atoms with Crippen LogP contribution in [0.1, 0.15) is 12.2 Å². The van der Waals surface area contributed by atoms with Crippen molar-refractivity contribution in [2.45, 2.75) is 19.1 Å². The van der Waals surface area contributed by atoms with Gasteiger partial charge in [-0.3, -0.25) is 4.90 Å². The van der Waals surface area contributed by atoms with Crippen LogP contribution in [0.15, 0.2) is 27.5 Å². The Hall–Kier alpha value is -1.66. The molecular formula is C11H13N3O3. The Morgan fingerprint density at radius 1 is 1.53 bits per heavy atom. The molecule has 17 heavy (non-hydrogen) atoms. The maximum atomic E-state index is 9.41. The third-order valence-corrected chi connectivity index (χ3v) is 2.85. The maximum absolute atomic E-state index is 9.41. The zero-order chi connectivity index (χ0) is 11.7. The Morgan fingerprint density at radius 3 is 3.18 bits per heavy atom. The van der Waals surface area contributed by atoms with E-state index in [0.29, 0.717) is 24.8 Å². The van der Waals surface area contributed by atoms with Crippen LogP contribution < -0.4 is 0 Å². The van der Waals surface area contributed by atoms with Crippen molar-refractivity contribution in [1.29, 1.82) is 0 Å². The topological polar surface area (TPSA) is 75.5 Å². The molecule has 1 atom stereocenters. The molecule has 0 aromatic carbocycles. The van der Waals surface area contributed by atoms with Gasteiger partial charge in [0, 0.05) is 13.1 Å². The zero-order valence-electron chi connectivity index (χ0n) is 9.24. The van der Waals surface area contributed by atoms with E-state index in [9.17, 15) is 5.11 Å². The fraction of sp³-hybridized carbons (Fsp3) is 0.455. The summed E-state index contributed by atoms with van der Waals surface area (Å²) in [7, 11) is 0. The van der Waals surface area contributed by atoms with Crippen molar-refractivity contribution in [3.05, 3.63) is 24.4 Å². The SMILES string of the molecule is O[C@H]1CCN(Cc2noc(-c3ccoc3)n2)C1. The monoisotopic (exact) mass is 235 g/mol. The highest BCUT2D eigenvalue weighted by molar-refractivity contribution is 5.49. The van der Waals surface area contributed by atoms with Gasteiger partial charge in [-0.1, -0.05) is 5.16 Å². The van der Waals surface area contributed by atoms with Gasteiger partial charge in [0.1, 0.15) is 6.26 Å². The lowest BCUT2D eigenvalue weighted by Crippen LogP contribution is -2.22. The molecule has 6 heteroatoms. The van der Waals surface area contributed by atoms with Gasteiger partial charge in [0.05, 0.1) is 24.5 Å². The quantitative estimate of drug-likeness (QED) is 0.851. The number of aromatic nitrogens is 2. The molecule has 1 fully saturated rings. The highest BCUT2D eigenvalue weighted by Crippen LogP contribution is 2.18. The number of aliphatic hydroxyl groups excluding tert-OH is 1. The lowest BCUT2D eigenvalue weighted by molar-refractivity contribution is 0.173. The Morgan fingerprint density at radius 2 is 2.47 bits per heavy atom. The number of likely N-dealkylation sites (tertiary alicyclic amines) is 1. The first kappa shape index (κ1) is 10.5. The molecule has 0 radical (unpaired) electrons. The standard InChI is InChI=1S/C11H13N3O3/c15-9-1-3-14(5-9)6-10-12-11(17-13-10)8-2-4-16-7-8/h2,4,7,9,15H,1,3,5-6H2/t9-/m0/s1. The van der Waals surface area contributed by atoms with Crippen molar-refractivity contribution in [3.63, 3.8) is 0 Å². The van der Waals surface area contributed by atoms with E-state index in [1.807, 2.05) is 0 Å². The Labute approximate surface area is 97.8 Å². The third-order valence-electron chi connectivity index (χ3n) is 2.85. The summed E-state index contributed by atoms with van der Waals surface area (Å²) < 4.78 is 10.1. The predicted octanol–water partition coefficient (Wildman–Crippen LogP) is 0.896. The second kappa shape index (κ2) is 4.31. The lowest BCUT2D eigenvalue weighted by atomic mass is 10.3. The van der Waals surface area contributed by atoms with Crippen molar-refractivity contribution in [2.75, 3.05) is 13.1 Å². The van der Waals surface area contributed by atoms with Crippen LogP contribution in [0, 0.1) is 0 Å². The van der Waals surface area contributed by atoms with Crippen molar-refractivity contribution in [3.8, 4) is 11.5 Å². The Kier molecular flexibility index (Phi) is 2.66. The lowest BCUT2D eigenvalue weighted by Gasteiger charge is -2.10. The molecule has 90 valence electrons. The fourth-order valence-electron chi connectivity index (χ4n) is 1.98. The van der Waals surface area contributed by atoms with E-state index in [1.54, 1.807) is 18.6 Å². The summed E-state index contributed by atoms with van der Waals surface area (Å²) in [4.78, 5) is 6.39. The minimum atomic E-state index is -0.227. The van der Waals surface area contributed by atoms with Crippen LogP contribution >= 0.6 is 0 Å². The van der Waals surface area contributed by atoms with Crippen LogP contribution in [0.3, 0.4) is 0 Å². The smallest absolute Gasteiger partial charge is 0.261 e. The molecule has 1 aliphatic heterocycles. The minimum Gasteiger partial charge on any atom is -0.472 e. The van der Waals surface area contributed by atoms with Crippen LogP contribution in [-0.4, -0.2) is 39.3 Å². The Bertz CT molecular complexity index is 480. The van der Waals surface area contributed by atoms with Crippen LogP contribution in [0.4, 0.5) is 0 Å². The van der Waals surface area contributed by atoms with Gasteiger partial charge >= 0.3 is 0 Å². The molecule has 0 unspecified atom stereocenters. The van der Waals surface area contributed by atoms with Crippen molar-refractivity contribution < 1.29 is 14.0 Å². The Balaban J connectivity index is 1.69. The first-order valence-corrected chi connectivity index (χ1v) is 5.57. The van der Waals surface area contributed by atoms with E-state index < -0.39 is 0 Å². The summed E-state index contributed by atoms with van der Waals surface area (Å²) >= 11 is 0. The molecule has 6 nitrogen and oxygen atoms in total. The average molecular weight is 235 g/mol. The van der Waals surface area contributed by atoms with E-state index in [-0.39, 0.29) is 6.10 Å². The summed E-state index contributed by atoms with van der Waals surface area (Å²) in [6, 6.07) is 1.77. The van der Waals surface area contributed by atoms with Gasteiger partial charge in [0.2, 0.25) is 0 Å². The summed E-state index contributed by atoms with van der Waals surface area (Å²) in [5.41, 5.74) is 0.783. The number of hydrogen-bond donors (Lipinski definition) is 1. The summed E-state index contributed by atoms with van der Waals surface area (Å²) in [6.07, 6.45) is 3.72. The number of rotatable bonds is 3. The van der Waals surface area contributed by atoms with Crippen molar-refractivity contribution in [2.24, 2.45) is 0 Å².